The molecule has 2 rings (SSSR count). The minimum absolute atomic E-state index is 0.213. The number of piperidine rings is 1. The monoisotopic (exact) mass is 239 g/mol. The third kappa shape index (κ3) is 4.28. The Morgan fingerprint density at radius 1 is 1.35 bits per heavy atom. The molecule has 0 bridgehead atoms. The van der Waals surface area contributed by atoms with Gasteiger partial charge in [-0.15, -0.1) is 0 Å². The molecule has 0 aromatic rings. The zero-order valence-electron chi connectivity index (χ0n) is 10.9. The first kappa shape index (κ1) is 12.8. The van der Waals surface area contributed by atoms with E-state index in [0.29, 0.717) is 0 Å². The van der Waals surface area contributed by atoms with Gasteiger partial charge in [-0.05, 0) is 51.7 Å². The van der Waals surface area contributed by atoms with Gasteiger partial charge in [0.25, 0.3) is 0 Å². The summed E-state index contributed by atoms with van der Waals surface area (Å²) >= 11 is 0. The van der Waals surface area contributed by atoms with Crippen molar-refractivity contribution in [3.05, 3.63) is 0 Å². The van der Waals surface area contributed by atoms with Crippen LogP contribution < -0.4 is 10.6 Å². The number of nitrogens with one attached hydrogen (secondary N) is 2. The maximum atomic E-state index is 11.6. The third-order valence-corrected chi connectivity index (χ3v) is 3.78. The number of rotatable bonds is 6. The van der Waals surface area contributed by atoms with Crippen molar-refractivity contribution in [2.45, 2.75) is 38.1 Å². The lowest BCUT2D eigenvalue weighted by atomic mass is 9.97. The van der Waals surface area contributed by atoms with Crippen LogP contribution in [0.15, 0.2) is 0 Å². The zero-order valence-corrected chi connectivity index (χ0v) is 10.9. The maximum Gasteiger partial charge on any atom is 0.224 e. The van der Waals surface area contributed by atoms with Gasteiger partial charge >= 0.3 is 0 Å². The topological polar surface area (TPSA) is 44.4 Å². The van der Waals surface area contributed by atoms with Crippen LogP contribution in [-0.4, -0.2) is 50.1 Å². The molecule has 2 fully saturated rings. The summed E-state index contributed by atoms with van der Waals surface area (Å²) < 4.78 is 0. The van der Waals surface area contributed by atoms with Crippen LogP contribution in [0, 0.1) is 5.92 Å². The van der Waals surface area contributed by atoms with Gasteiger partial charge in [0.2, 0.25) is 5.91 Å². The van der Waals surface area contributed by atoms with Gasteiger partial charge in [0, 0.05) is 19.6 Å². The molecular weight excluding hydrogens is 214 g/mol. The van der Waals surface area contributed by atoms with Gasteiger partial charge in [0.1, 0.15) is 0 Å². The average Bonchev–Trinajstić information content (AvgIpc) is 3.18. The number of amides is 1. The molecule has 0 radical (unpaired) electrons. The van der Waals surface area contributed by atoms with Gasteiger partial charge in [0.05, 0.1) is 5.92 Å². The van der Waals surface area contributed by atoms with Gasteiger partial charge in [0.15, 0.2) is 0 Å². The van der Waals surface area contributed by atoms with Crippen LogP contribution in [0.25, 0.3) is 0 Å². The quantitative estimate of drug-likeness (QED) is 0.667. The van der Waals surface area contributed by atoms with Crippen molar-refractivity contribution < 1.29 is 4.79 Å². The molecule has 1 heterocycles. The fraction of sp³-hybridized carbons (Fsp3) is 0.923. The minimum Gasteiger partial charge on any atom is -0.359 e. The standard InChI is InChI=1S/C13H25N3O/c1-14-13(17)11-4-2-8-16(10-11)9-3-7-15-12-5-6-12/h11-12,15H,2-10H2,1H3,(H,14,17). The summed E-state index contributed by atoms with van der Waals surface area (Å²) in [6.07, 6.45) is 6.15. The van der Waals surface area contributed by atoms with Crippen LogP contribution in [0.1, 0.15) is 32.1 Å². The molecule has 0 aromatic carbocycles. The Balaban J connectivity index is 1.60. The summed E-state index contributed by atoms with van der Waals surface area (Å²) in [6.45, 7) is 4.37. The molecule has 17 heavy (non-hydrogen) atoms. The maximum absolute atomic E-state index is 11.6. The van der Waals surface area contributed by atoms with E-state index in [-0.39, 0.29) is 11.8 Å². The number of nitrogens with zero attached hydrogens (tertiary/aromatic N) is 1. The van der Waals surface area contributed by atoms with Crippen LogP contribution in [0.3, 0.4) is 0 Å². The molecule has 1 saturated carbocycles. The molecule has 2 N–H and O–H groups in total. The van der Waals surface area contributed by atoms with Crippen molar-refractivity contribution in [2.24, 2.45) is 5.92 Å². The second-order valence-corrected chi connectivity index (χ2v) is 5.34. The summed E-state index contributed by atoms with van der Waals surface area (Å²) in [5.74, 6) is 0.427. The van der Waals surface area contributed by atoms with E-state index >= 15 is 0 Å². The molecule has 0 aromatic heterocycles. The zero-order chi connectivity index (χ0) is 12.1. The molecule has 1 aliphatic carbocycles. The molecule has 0 spiro atoms. The van der Waals surface area contributed by atoms with Crippen molar-refractivity contribution in [1.82, 2.24) is 15.5 Å². The van der Waals surface area contributed by atoms with E-state index in [4.69, 9.17) is 0 Å². The Hall–Kier alpha value is -0.610. The lowest BCUT2D eigenvalue weighted by molar-refractivity contribution is -0.126. The lowest BCUT2D eigenvalue weighted by Crippen LogP contribution is -2.42. The van der Waals surface area contributed by atoms with Crippen molar-refractivity contribution in [1.29, 1.82) is 0 Å². The van der Waals surface area contributed by atoms with Gasteiger partial charge in [-0.2, -0.15) is 0 Å². The molecule has 4 heteroatoms. The predicted molar refractivity (Wildman–Crippen MR) is 68.9 cm³/mol. The Morgan fingerprint density at radius 2 is 2.18 bits per heavy atom. The molecule has 2 aliphatic rings. The van der Waals surface area contributed by atoms with Crippen LogP contribution in [0.5, 0.6) is 0 Å². The van der Waals surface area contributed by atoms with Gasteiger partial charge in [-0.3, -0.25) is 4.79 Å². The van der Waals surface area contributed by atoms with E-state index in [1.807, 2.05) is 0 Å². The molecule has 1 unspecified atom stereocenters. The predicted octanol–water partition coefficient (Wildman–Crippen LogP) is 0.587. The van der Waals surface area contributed by atoms with Crippen molar-refractivity contribution in [2.75, 3.05) is 33.2 Å². The van der Waals surface area contributed by atoms with Crippen LogP contribution in [0.4, 0.5) is 0 Å². The third-order valence-electron chi connectivity index (χ3n) is 3.78. The first-order chi connectivity index (χ1) is 8.29. The SMILES string of the molecule is CNC(=O)C1CCCN(CCCNC2CC2)C1. The molecule has 1 aliphatic heterocycles. The number of carbonyl (C=O) groups is 1. The summed E-state index contributed by atoms with van der Waals surface area (Å²) in [4.78, 5) is 14.0. The van der Waals surface area contributed by atoms with Crippen LogP contribution >= 0.6 is 0 Å². The highest BCUT2D eigenvalue weighted by atomic mass is 16.1. The van der Waals surface area contributed by atoms with Crippen molar-refractivity contribution in [3.8, 4) is 0 Å². The van der Waals surface area contributed by atoms with Gasteiger partial charge in [-0.25, -0.2) is 0 Å². The number of likely N-dealkylation sites (tertiary alicyclic amines) is 1. The second kappa shape index (κ2) is 6.36. The van der Waals surface area contributed by atoms with E-state index in [1.54, 1.807) is 7.05 Å². The lowest BCUT2D eigenvalue weighted by Gasteiger charge is -2.31. The fourth-order valence-electron chi connectivity index (χ4n) is 2.57. The van der Waals surface area contributed by atoms with E-state index in [2.05, 4.69) is 15.5 Å². The fourth-order valence-corrected chi connectivity index (χ4v) is 2.57. The highest BCUT2D eigenvalue weighted by molar-refractivity contribution is 5.78. The smallest absolute Gasteiger partial charge is 0.224 e. The Labute approximate surface area is 104 Å². The molecule has 98 valence electrons. The van der Waals surface area contributed by atoms with E-state index in [9.17, 15) is 4.79 Å². The highest BCUT2D eigenvalue weighted by Crippen LogP contribution is 2.19. The van der Waals surface area contributed by atoms with Crippen LogP contribution in [-0.2, 0) is 4.79 Å². The van der Waals surface area contributed by atoms with Crippen LogP contribution in [0.2, 0.25) is 0 Å². The minimum atomic E-state index is 0.213. The Kier molecular flexibility index (Phi) is 4.80. The first-order valence-electron chi connectivity index (χ1n) is 6.97. The van der Waals surface area contributed by atoms with Crippen molar-refractivity contribution >= 4 is 5.91 Å². The van der Waals surface area contributed by atoms with Crippen molar-refractivity contribution in [3.63, 3.8) is 0 Å². The molecule has 1 saturated heterocycles. The van der Waals surface area contributed by atoms with E-state index in [0.717, 1.165) is 45.1 Å². The summed E-state index contributed by atoms with van der Waals surface area (Å²) in [6, 6.07) is 0.815. The number of hydrogen-bond acceptors (Lipinski definition) is 3. The molecular formula is C13H25N3O. The van der Waals surface area contributed by atoms with E-state index < -0.39 is 0 Å². The first-order valence-corrected chi connectivity index (χ1v) is 6.97. The second-order valence-electron chi connectivity index (χ2n) is 5.34. The van der Waals surface area contributed by atoms with Gasteiger partial charge in [-0.1, -0.05) is 0 Å². The average molecular weight is 239 g/mol. The Morgan fingerprint density at radius 3 is 2.88 bits per heavy atom. The summed E-state index contributed by atoms with van der Waals surface area (Å²) in [7, 11) is 1.74. The van der Waals surface area contributed by atoms with E-state index in [1.165, 1.54) is 19.3 Å². The summed E-state index contributed by atoms with van der Waals surface area (Å²) in [5, 5.41) is 6.30. The normalized spacial score (nSPS) is 25.8. The summed E-state index contributed by atoms with van der Waals surface area (Å²) in [5.41, 5.74) is 0. The van der Waals surface area contributed by atoms with Gasteiger partial charge < -0.3 is 15.5 Å². The number of hydrogen-bond donors (Lipinski definition) is 2. The highest BCUT2D eigenvalue weighted by Gasteiger charge is 2.24. The number of carbonyl (C=O) groups excluding carboxylic acids is 1. The largest absolute Gasteiger partial charge is 0.359 e. The Bertz CT molecular complexity index is 253. The molecule has 1 atom stereocenters. The molecule has 1 amide bonds. The molecule has 4 nitrogen and oxygen atoms in total.